The Labute approximate surface area is 163 Å². The van der Waals surface area contributed by atoms with Gasteiger partial charge in [0.15, 0.2) is 11.0 Å². The molecule has 1 heterocycles. The number of thioether (sulfide) groups is 1. The summed E-state index contributed by atoms with van der Waals surface area (Å²) in [5, 5.41) is 11.5. The number of aryl methyl sites for hydroxylation is 1. The molecule has 3 rings (SSSR count). The van der Waals surface area contributed by atoms with Crippen molar-refractivity contribution in [2.75, 3.05) is 11.1 Å². The Morgan fingerprint density at radius 2 is 2.04 bits per heavy atom. The number of halogens is 2. The summed E-state index contributed by atoms with van der Waals surface area (Å²) < 4.78 is 16.4. The second-order valence-corrected chi connectivity index (χ2v) is 7.46. The van der Waals surface area contributed by atoms with Crippen LogP contribution < -0.4 is 5.32 Å². The second-order valence-electron chi connectivity index (χ2n) is 5.67. The van der Waals surface area contributed by atoms with Gasteiger partial charge in [-0.1, -0.05) is 30.0 Å². The zero-order valence-electron chi connectivity index (χ0n) is 14.2. The first-order valence-corrected chi connectivity index (χ1v) is 9.56. The van der Waals surface area contributed by atoms with Gasteiger partial charge in [0.2, 0.25) is 5.91 Å². The quantitative estimate of drug-likeness (QED) is 0.603. The maximum absolute atomic E-state index is 13.9. The molecule has 2 aromatic carbocycles. The lowest BCUT2D eigenvalue weighted by Crippen LogP contribution is -2.14. The van der Waals surface area contributed by atoms with E-state index in [4.69, 9.17) is 0 Å². The number of benzene rings is 2. The molecule has 0 saturated heterocycles. The lowest BCUT2D eigenvalue weighted by Gasteiger charge is -2.08. The lowest BCUT2D eigenvalue weighted by atomic mass is 10.2. The van der Waals surface area contributed by atoms with Crippen LogP contribution in [0.15, 0.2) is 52.1 Å². The summed E-state index contributed by atoms with van der Waals surface area (Å²) in [6.07, 6.45) is 0. The van der Waals surface area contributed by atoms with Crippen LogP contribution in [0.1, 0.15) is 5.56 Å². The molecule has 8 heteroatoms. The highest BCUT2D eigenvalue weighted by Crippen LogP contribution is 2.26. The average molecular weight is 435 g/mol. The lowest BCUT2D eigenvalue weighted by molar-refractivity contribution is -0.113. The fraction of sp³-hybridized carbons (Fsp3) is 0.167. The fourth-order valence-corrected chi connectivity index (χ4v) is 3.66. The summed E-state index contributed by atoms with van der Waals surface area (Å²) in [7, 11) is 1.75. The Morgan fingerprint density at radius 3 is 2.77 bits per heavy atom. The monoisotopic (exact) mass is 434 g/mol. The second kappa shape index (κ2) is 8.01. The van der Waals surface area contributed by atoms with E-state index in [1.165, 1.54) is 17.8 Å². The fourth-order valence-electron chi connectivity index (χ4n) is 2.36. The highest BCUT2D eigenvalue weighted by atomic mass is 79.9. The Morgan fingerprint density at radius 1 is 1.27 bits per heavy atom. The van der Waals surface area contributed by atoms with E-state index in [1.807, 2.05) is 25.1 Å². The number of rotatable bonds is 5. The highest BCUT2D eigenvalue weighted by Gasteiger charge is 2.15. The van der Waals surface area contributed by atoms with Crippen LogP contribution >= 0.6 is 27.7 Å². The van der Waals surface area contributed by atoms with Crippen LogP contribution in [0.4, 0.5) is 10.1 Å². The number of anilines is 1. The van der Waals surface area contributed by atoms with Crippen molar-refractivity contribution in [2.45, 2.75) is 12.1 Å². The number of amides is 1. The number of nitrogens with one attached hydrogen (secondary N) is 1. The molecule has 0 aliphatic carbocycles. The van der Waals surface area contributed by atoms with Crippen LogP contribution in [0.2, 0.25) is 0 Å². The van der Waals surface area contributed by atoms with Gasteiger partial charge in [0.1, 0.15) is 5.82 Å². The van der Waals surface area contributed by atoms with Gasteiger partial charge in [-0.25, -0.2) is 4.39 Å². The summed E-state index contributed by atoms with van der Waals surface area (Å²) in [6, 6.07) is 12.1. The van der Waals surface area contributed by atoms with Crippen molar-refractivity contribution < 1.29 is 9.18 Å². The Hall–Kier alpha value is -2.19. The van der Waals surface area contributed by atoms with Crippen LogP contribution in [-0.4, -0.2) is 26.4 Å². The normalized spacial score (nSPS) is 10.8. The molecular formula is C18H16BrFN4OS. The largest absolute Gasteiger partial charge is 0.324 e. The first kappa shape index (κ1) is 18.6. The van der Waals surface area contributed by atoms with Gasteiger partial charge >= 0.3 is 0 Å². The van der Waals surface area contributed by atoms with E-state index >= 15 is 0 Å². The van der Waals surface area contributed by atoms with Crippen molar-refractivity contribution in [2.24, 2.45) is 7.05 Å². The van der Waals surface area contributed by atoms with Gasteiger partial charge in [0.25, 0.3) is 0 Å². The Kier molecular flexibility index (Phi) is 5.73. The molecule has 0 atom stereocenters. The molecule has 1 aromatic heterocycles. The van der Waals surface area contributed by atoms with Crippen molar-refractivity contribution in [3.8, 4) is 11.4 Å². The van der Waals surface area contributed by atoms with Gasteiger partial charge in [-0.05, 0) is 52.7 Å². The van der Waals surface area contributed by atoms with Crippen molar-refractivity contribution in [3.05, 3.63) is 58.3 Å². The van der Waals surface area contributed by atoms with E-state index in [1.54, 1.807) is 29.8 Å². The predicted octanol–water partition coefficient (Wildman–Crippen LogP) is 4.42. The minimum absolute atomic E-state index is 0.157. The van der Waals surface area contributed by atoms with Gasteiger partial charge in [-0.15, -0.1) is 10.2 Å². The number of nitrogens with zero attached hydrogens (tertiary/aromatic N) is 3. The number of hydrogen-bond acceptors (Lipinski definition) is 4. The summed E-state index contributed by atoms with van der Waals surface area (Å²) >= 11 is 4.68. The molecule has 1 amide bonds. The number of carbonyl (C=O) groups excluding carboxylic acids is 1. The molecular weight excluding hydrogens is 419 g/mol. The van der Waals surface area contributed by atoms with Gasteiger partial charge in [-0.3, -0.25) is 4.79 Å². The first-order chi connectivity index (χ1) is 12.5. The minimum atomic E-state index is -0.360. The third kappa shape index (κ3) is 4.13. The molecule has 1 N–H and O–H groups in total. The summed E-state index contributed by atoms with van der Waals surface area (Å²) in [5.41, 5.74) is 2.19. The number of carbonyl (C=O) groups is 1. The van der Waals surface area contributed by atoms with Gasteiger partial charge in [0, 0.05) is 11.5 Å². The zero-order valence-corrected chi connectivity index (χ0v) is 16.6. The van der Waals surface area contributed by atoms with E-state index in [-0.39, 0.29) is 17.5 Å². The highest BCUT2D eigenvalue weighted by molar-refractivity contribution is 9.10. The number of hydrogen-bond donors (Lipinski definition) is 1. The average Bonchev–Trinajstić information content (AvgIpc) is 2.97. The van der Waals surface area contributed by atoms with Crippen LogP contribution in [-0.2, 0) is 11.8 Å². The minimum Gasteiger partial charge on any atom is -0.324 e. The molecule has 5 nitrogen and oxygen atoms in total. The van der Waals surface area contributed by atoms with E-state index < -0.39 is 0 Å². The van der Waals surface area contributed by atoms with E-state index in [9.17, 15) is 9.18 Å². The van der Waals surface area contributed by atoms with Crippen LogP contribution in [0.5, 0.6) is 0 Å². The topological polar surface area (TPSA) is 59.8 Å². The van der Waals surface area contributed by atoms with E-state index in [0.717, 1.165) is 10.0 Å². The van der Waals surface area contributed by atoms with E-state index in [0.29, 0.717) is 22.2 Å². The van der Waals surface area contributed by atoms with E-state index in [2.05, 4.69) is 31.4 Å². The maximum atomic E-state index is 13.9. The van der Waals surface area contributed by atoms with Crippen molar-refractivity contribution >= 4 is 39.3 Å². The zero-order chi connectivity index (χ0) is 18.7. The third-order valence-electron chi connectivity index (χ3n) is 3.68. The first-order valence-electron chi connectivity index (χ1n) is 7.79. The summed E-state index contributed by atoms with van der Waals surface area (Å²) in [4.78, 5) is 12.2. The molecule has 0 aliphatic rings. The smallest absolute Gasteiger partial charge is 0.234 e. The van der Waals surface area contributed by atoms with Gasteiger partial charge < -0.3 is 9.88 Å². The van der Waals surface area contributed by atoms with Crippen molar-refractivity contribution in [1.82, 2.24) is 14.8 Å². The molecule has 3 aromatic rings. The summed E-state index contributed by atoms with van der Waals surface area (Å²) in [5.74, 6) is 0.0765. The standard InChI is InChI=1S/C18H16BrFN4OS/c1-11-7-8-15(13(19)9-11)21-16(25)10-26-18-23-22-17(24(18)2)12-5-3-4-6-14(12)20/h3-9H,10H2,1-2H3,(H,21,25). The molecule has 0 bridgehead atoms. The molecule has 0 spiro atoms. The number of aromatic nitrogens is 3. The summed E-state index contributed by atoms with van der Waals surface area (Å²) in [6.45, 7) is 1.98. The molecule has 0 fully saturated rings. The molecule has 0 saturated carbocycles. The van der Waals surface area contributed by atoms with Crippen molar-refractivity contribution in [1.29, 1.82) is 0 Å². The van der Waals surface area contributed by atoms with Gasteiger partial charge in [-0.2, -0.15) is 0 Å². The van der Waals surface area contributed by atoms with Crippen LogP contribution in [0.3, 0.4) is 0 Å². The Balaban J connectivity index is 1.67. The molecule has 26 heavy (non-hydrogen) atoms. The van der Waals surface area contributed by atoms with Crippen molar-refractivity contribution in [3.63, 3.8) is 0 Å². The maximum Gasteiger partial charge on any atom is 0.234 e. The van der Waals surface area contributed by atoms with Crippen LogP contribution in [0.25, 0.3) is 11.4 Å². The molecule has 0 unspecified atom stereocenters. The predicted molar refractivity (Wildman–Crippen MR) is 105 cm³/mol. The SMILES string of the molecule is Cc1ccc(NC(=O)CSc2nnc(-c3ccccc3F)n2C)c(Br)c1. The molecule has 0 radical (unpaired) electrons. The third-order valence-corrected chi connectivity index (χ3v) is 5.36. The van der Waals surface area contributed by atoms with Crippen LogP contribution in [0, 0.1) is 12.7 Å². The molecule has 0 aliphatic heterocycles. The molecule has 134 valence electrons. The Bertz CT molecular complexity index is 960. The van der Waals surface area contributed by atoms with Gasteiger partial charge in [0.05, 0.1) is 17.0 Å².